The zero-order valence-electron chi connectivity index (χ0n) is 39.3. The van der Waals surface area contributed by atoms with Crippen LogP contribution in [0.3, 0.4) is 0 Å². The molecule has 1 N–H and O–H groups in total. The molecule has 9 atom stereocenters. The van der Waals surface area contributed by atoms with E-state index < -0.39 is 55.5 Å². The number of ketones is 1. The summed E-state index contributed by atoms with van der Waals surface area (Å²) in [5, 5.41) is 0.943. The van der Waals surface area contributed by atoms with Crippen LogP contribution in [-0.2, 0) is 40.4 Å². The number of Topliss-reactive ketones (excluding diaryl/α,β-unsaturated/α-hetero) is 1. The van der Waals surface area contributed by atoms with Crippen molar-refractivity contribution < 1.29 is 41.8 Å². The molecule has 4 saturated carbocycles. The molecule has 2 aromatic rings. The number of pyridine rings is 1. The highest BCUT2D eigenvalue weighted by Crippen LogP contribution is 2.58. The average molecular weight is 927 g/mol. The fourth-order valence-electron chi connectivity index (χ4n) is 12.8. The molecule has 4 aliphatic carbocycles. The Labute approximate surface area is 390 Å². The molecule has 1 aromatic carbocycles. The van der Waals surface area contributed by atoms with Gasteiger partial charge in [0.1, 0.15) is 24.1 Å². The van der Waals surface area contributed by atoms with E-state index in [2.05, 4.69) is 36.2 Å². The second kappa shape index (κ2) is 17.5. The Morgan fingerprint density at radius 1 is 0.939 bits per heavy atom. The van der Waals surface area contributed by atoms with Crippen LogP contribution in [0.2, 0.25) is 0 Å². The fourth-order valence-corrected chi connectivity index (χ4v) is 14.1. The van der Waals surface area contributed by atoms with Crippen molar-refractivity contribution in [2.75, 3.05) is 13.6 Å². The van der Waals surface area contributed by atoms with Gasteiger partial charge in [-0.2, -0.15) is 0 Å². The number of piperidine rings is 1. The van der Waals surface area contributed by atoms with E-state index in [1.165, 1.54) is 12.8 Å². The number of sulfonamides is 1. The van der Waals surface area contributed by atoms with Crippen LogP contribution in [0.5, 0.6) is 11.6 Å². The summed E-state index contributed by atoms with van der Waals surface area (Å²) in [4.78, 5) is 67.8. The van der Waals surface area contributed by atoms with Crippen LogP contribution >= 0.6 is 0 Å². The molecular weight excluding hydrogens is 857 g/mol. The number of aromatic nitrogens is 1. The molecule has 2 amide bonds. The minimum Gasteiger partial charge on any atom is -0.489 e. The monoisotopic (exact) mass is 926 g/mol. The maximum atomic E-state index is 15.5. The molecule has 14 heteroatoms. The molecule has 2 unspecified atom stereocenters. The van der Waals surface area contributed by atoms with Crippen molar-refractivity contribution >= 4 is 44.5 Å². The van der Waals surface area contributed by atoms with Gasteiger partial charge >= 0.3 is 5.97 Å². The summed E-state index contributed by atoms with van der Waals surface area (Å²) in [6.45, 7) is 7.74. The number of carbonyl (C=O) groups excluding carboxylic acids is 4. The third-order valence-corrected chi connectivity index (χ3v) is 19.9. The van der Waals surface area contributed by atoms with Crippen molar-refractivity contribution in [1.29, 1.82) is 0 Å². The summed E-state index contributed by atoms with van der Waals surface area (Å²) in [6.07, 6.45) is 16.0. The van der Waals surface area contributed by atoms with E-state index in [1.54, 1.807) is 17.9 Å². The van der Waals surface area contributed by atoms with Crippen molar-refractivity contribution in [1.82, 2.24) is 19.5 Å². The molecule has 7 fully saturated rings. The first-order valence-electron chi connectivity index (χ1n) is 25.3. The van der Waals surface area contributed by atoms with Crippen molar-refractivity contribution in [3.05, 3.63) is 42.5 Å². The summed E-state index contributed by atoms with van der Waals surface area (Å²) in [7, 11) is -1.73. The lowest BCUT2D eigenvalue weighted by Crippen LogP contribution is -2.50. The first-order valence-corrected chi connectivity index (χ1v) is 26.8. The fraction of sp³-hybridized carbons (Fsp3) is 0.712. The Bertz CT molecular complexity index is 2360. The Hall–Kier alpha value is -4.04. The van der Waals surface area contributed by atoms with Crippen LogP contribution < -0.4 is 14.2 Å². The smallest absolute Gasteiger partial charge is 0.306 e. The summed E-state index contributed by atoms with van der Waals surface area (Å²) >= 11 is 0. The molecule has 1 aromatic heterocycles. The number of carbonyl (C=O) groups is 4. The number of ether oxygens (including phenoxy) is 3. The first kappa shape index (κ1) is 45.7. The highest BCUT2D eigenvalue weighted by atomic mass is 32.2. The molecule has 66 heavy (non-hydrogen) atoms. The van der Waals surface area contributed by atoms with E-state index in [0.29, 0.717) is 43.1 Å². The Morgan fingerprint density at radius 3 is 2.38 bits per heavy atom. The van der Waals surface area contributed by atoms with Crippen LogP contribution in [0.1, 0.15) is 148 Å². The number of para-hydroxylation sites is 1. The third kappa shape index (κ3) is 8.68. The molecule has 5 heterocycles. The number of hydrogen-bond acceptors (Lipinski definition) is 11. The van der Waals surface area contributed by atoms with E-state index in [-0.39, 0.29) is 62.1 Å². The number of allylic oxidation sites excluding steroid dienone is 1. The summed E-state index contributed by atoms with van der Waals surface area (Å²) < 4.78 is 48.3. The van der Waals surface area contributed by atoms with Gasteiger partial charge in [0, 0.05) is 30.3 Å². The SMILES string of the molecule is C=C[C@@H]1C[C@]1(CC(=O)[C@@H]1C[C@@H]2CN1C(=O)[C@H](C1(C)CCCCC1)CC(=O)O[C@@H]1C[C@H]1CCCCCc1c(nc3ccccc3c1OC1CC3CCC(C1)N3C)O2)C(=O)NS(=O)(=O)C1(C)CC1. The largest absolute Gasteiger partial charge is 0.489 e. The Balaban J connectivity index is 1.01. The predicted octanol–water partition coefficient (Wildman–Crippen LogP) is 7.76. The predicted molar refractivity (Wildman–Crippen MR) is 249 cm³/mol. The highest BCUT2D eigenvalue weighted by molar-refractivity contribution is 7.91. The Kier molecular flexibility index (Phi) is 12.1. The van der Waals surface area contributed by atoms with Gasteiger partial charge in [-0.3, -0.25) is 23.9 Å². The van der Waals surface area contributed by atoms with Gasteiger partial charge in [0.05, 0.1) is 46.2 Å². The molecular formula is C52H70N4O9S. The standard InChI is InChI=1S/C52H70N4O9S/c1-5-33-29-52(33,49(60)54-66(61,62)51(3)22-23-51)30-43(57)42-27-37-31-56(42)48(59)40(50(2)20-12-7-13-21-50)28-45(58)65-44-24-32(44)14-8-6-9-16-39-46(38-15-10-11-17-41(38)53-47(39)64-37)63-36-25-34-18-19-35(26-36)55(34)4/h5,10-11,15,17,32-37,40,42,44H,1,6-9,12-14,16,18-31H2,2-4H3,(H,54,60)/t32-,33-,34?,35?,36?,37-,40-,42+,44-,52-/m1/s1. The molecule has 8 aliphatic rings. The quantitative estimate of drug-likeness (QED) is 0.183. The number of nitrogens with zero attached hydrogens (tertiary/aromatic N) is 3. The van der Waals surface area contributed by atoms with Crippen LogP contribution in [0.15, 0.2) is 36.9 Å². The second-order valence-electron chi connectivity index (χ2n) is 22.3. The van der Waals surface area contributed by atoms with Crippen molar-refractivity contribution in [2.45, 2.75) is 190 Å². The number of esters is 1. The molecule has 4 bridgehead atoms. The molecule has 0 radical (unpaired) electrons. The van der Waals surface area contributed by atoms with E-state index in [9.17, 15) is 18.0 Å². The van der Waals surface area contributed by atoms with Gasteiger partial charge in [0.15, 0.2) is 5.78 Å². The van der Waals surface area contributed by atoms with E-state index >= 15 is 9.59 Å². The average Bonchev–Trinajstić information content (AvgIpc) is 4.25. The van der Waals surface area contributed by atoms with Crippen molar-refractivity contribution in [3.63, 3.8) is 0 Å². The van der Waals surface area contributed by atoms with Gasteiger partial charge in [-0.15, -0.1) is 6.58 Å². The van der Waals surface area contributed by atoms with E-state index in [0.717, 1.165) is 99.3 Å². The number of fused-ring (bicyclic) bond motifs is 7. The molecule has 358 valence electrons. The van der Waals surface area contributed by atoms with Gasteiger partial charge in [0.2, 0.25) is 27.7 Å². The Morgan fingerprint density at radius 2 is 1.67 bits per heavy atom. The van der Waals surface area contributed by atoms with Gasteiger partial charge in [-0.05, 0) is 127 Å². The molecule has 13 nitrogen and oxygen atoms in total. The molecule has 4 aliphatic heterocycles. The lowest BCUT2D eigenvalue weighted by atomic mass is 9.65. The summed E-state index contributed by atoms with van der Waals surface area (Å²) in [5.41, 5.74) is -0.134. The third-order valence-electron chi connectivity index (χ3n) is 17.8. The number of hydrogen-bond donors (Lipinski definition) is 1. The van der Waals surface area contributed by atoms with Gasteiger partial charge < -0.3 is 24.0 Å². The van der Waals surface area contributed by atoms with Gasteiger partial charge in [-0.1, -0.05) is 57.2 Å². The number of benzene rings is 1. The van der Waals surface area contributed by atoms with Crippen LogP contribution in [0.4, 0.5) is 0 Å². The van der Waals surface area contributed by atoms with E-state index in [1.807, 2.05) is 18.2 Å². The zero-order chi connectivity index (χ0) is 46.2. The summed E-state index contributed by atoms with van der Waals surface area (Å²) in [6, 6.07) is 8.04. The second-order valence-corrected chi connectivity index (χ2v) is 24.5. The van der Waals surface area contributed by atoms with Crippen LogP contribution in [0, 0.1) is 28.6 Å². The number of amides is 2. The van der Waals surface area contributed by atoms with Gasteiger partial charge in [-0.25, -0.2) is 13.4 Å². The van der Waals surface area contributed by atoms with Crippen molar-refractivity contribution in [3.8, 4) is 11.6 Å². The maximum Gasteiger partial charge on any atom is 0.306 e. The highest BCUT2D eigenvalue weighted by Gasteiger charge is 2.63. The lowest BCUT2D eigenvalue weighted by Gasteiger charge is -2.42. The van der Waals surface area contributed by atoms with Crippen molar-refractivity contribution in [2.24, 2.45) is 28.6 Å². The maximum absolute atomic E-state index is 15.5. The normalized spacial score (nSPS) is 35.3. The summed E-state index contributed by atoms with van der Waals surface area (Å²) in [5.74, 6) is -1.23. The minimum atomic E-state index is -3.97. The molecule has 3 saturated heterocycles. The minimum absolute atomic E-state index is 0.0456. The zero-order valence-corrected chi connectivity index (χ0v) is 40.1. The lowest BCUT2D eigenvalue weighted by molar-refractivity contribution is -0.155. The first-order chi connectivity index (χ1) is 31.6. The van der Waals surface area contributed by atoms with Crippen LogP contribution in [-0.4, -0.2) is 102 Å². The molecule has 0 spiro atoms. The topological polar surface area (TPSA) is 162 Å². The van der Waals surface area contributed by atoms with E-state index in [4.69, 9.17) is 19.2 Å². The molecule has 10 rings (SSSR count). The van der Waals surface area contributed by atoms with Gasteiger partial charge in [0.25, 0.3) is 0 Å². The number of nitrogens with one attached hydrogen (secondary N) is 1. The van der Waals surface area contributed by atoms with Crippen LogP contribution in [0.25, 0.3) is 10.9 Å². The number of rotatable bonds is 10.